The summed E-state index contributed by atoms with van der Waals surface area (Å²) in [7, 11) is 0. The van der Waals surface area contributed by atoms with Crippen LogP contribution in [0, 0.1) is 5.41 Å². The van der Waals surface area contributed by atoms with E-state index in [1.165, 1.54) is 0 Å². The van der Waals surface area contributed by atoms with Crippen LogP contribution in [0.15, 0.2) is 40.8 Å². The van der Waals surface area contributed by atoms with E-state index in [-0.39, 0.29) is 11.5 Å². The van der Waals surface area contributed by atoms with E-state index in [1.807, 2.05) is 36.4 Å². The second-order valence-corrected chi connectivity index (χ2v) is 6.34. The molecule has 0 saturated heterocycles. The molecule has 108 valence electrons. The lowest BCUT2D eigenvalue weighted by atomic mass is 9.86. The third kappa shape index (κ3) is 3.11. The highest BCUT2D eigenvalue weighted by molar-refractivity contribution is 5.58. The zero-order valence-corrected chi connectivity index (χ0v) is 12.6. The molecule has 1 heterocycles. The topological polar surface area (TPSA) is 59.4 Å². The summed E-state index contributed by atoms with van der Waals surface area (Å²) in [6.45, 7) is 8.04. The summed E-state index contributed by atoms with van der Waals surface area (Å²) < 4.78 is 5.87. The van der Waals surface area contributed by atoms with E-state index in [0.717, 1.165) is 22.6 Å². The van der Waals surface area contributed by atoms with Crippen molar-refractivity contribution in [3.63, 3.8) is 0 Å². The minimum atomic E-state index is -0.453. The van der Waals surface area contributed by atoms with Gasteiger partial charge in [0.25, 0.3) is 0 Å². The molecule has 1 aromatic heterocycles. The molecule has 3 nitrogen and oxygen atoms in total. The van der Waals surface area contributed by atoms with E-state index in [2.05, 4.69) is 20.8 Å². The number of nitrogens with two attached hydrogens (primary N) is 1. The van der Waals surface area contributed by atoms with Crippen molar-refractivity contribution in [3.05, 3.63) is 47.7 Å². The highest BCUT2D eigenvalue weighted by atomic mass is 16.3. The van der Waals surface area contributed by atoms with Gasteiger partial charge in [-0.05, 0) is 30.0 Å². The third-order valence-electron chi connectivity index (χ3n) is 3.54. The van der Waals surface area contributed by atoms with E-state index >= 15 is 0 Å². The minimum Gasteiger partial charge on any atom is -0.459 e. The maximum absolute atomic E-state index is 9.51. The van der Waals surface area contributed by atoms with Gasteiger partial charge in [0.05, 0.1) is 12.1 Å². The molecular formula is C17H23NO2. The Morgan fingerprint density at radius 1 is 1.05 bits per heavy atom. The van der Waals surface area contributed by atoms with Crippen LogP contribution >= 0.6 is 0 Å². The van der Waals surface area contributed by atoms with Crippen LogP contribution in [-0.2, 0) is 0 Å². The Balaban J connectivity index is 2.24. The molecule has 2 unspecified atom stereocenters. The summed E-state index contributed by atoms with van der Waals surface area (Å²) in [6.07, 6.45) is -0.453. The molecule has 2 aromatic rings. The highest BCUT2D eigenvalue weighted by Gasteiger charge is 2.25. The molecule has 1 aromatic carbocycles. The number of hydrogen-bond acceptors (Lipinski definition) is 3. The van der Waals surface area contributed by atoms with Crippen molar-refractivity contribution in [3.8, 4) is 11.3 Å². The van der Waals surface area contributed by atoms with Gasteiger partial charge in [-0.2, -0.15) is 0 Å². The fourth-order valence-electron chi connectivity index (χ4n) is 2.03. The maximum atomic E-state index is 9.51. The minimum absolute atomic E-state index is 0.0364. The van der Waals surface area contributed by atoms with Crippen LogP contribution in [0.3, 0.4) is 0 Å². The normalized spacial score (nSPS) is 15.1. The lowest BCUT2D eigenvalue weighted by Crippen LogP contribution is -2.25. The van der Waals surface area contributed by atoms with Crippen LogP contribution in [0.1, 0.15) is 51.2 Å². The Hall–Kier alpha value is -1.58. The molecule has 3 N–H and O–H groups in total. The molecule has 0 saturated carbocycles. The SMILES string of the molecule is CC(O)c1ccc(-c2ccc(C(N)C(C)(C)C)o2)cc1. The van der Waals surface area contributed by atoms with Crippen LogP contribution in [0.4, 0.5) is 0 Å². The molecule has 3 heteroatoms. The Bertz CT molecular complexity index is 561. The Morgan fingerprint density at radius 3 is 2.15 bits per heavy atom. The van der Waals surface area contributed by atoms with Gasteiger partial charge in [0.15, 0.2) is 0 Å². The summed E-state index contributed by atoms with van der Waals surface area (Å²) in [5.41, 5.74) is 8.05. The summed E-state index contributed by atoms with van der Waals surface area (Å²) in [5.74, 6) is 1.60. The first-order chi connectivity index (χ1) is 9.29. The van der Waals surface area contributed by atoms with E-state index in [1.54, 1.807) is 6.92 Å². The van der Waals surface area contributed by atoms with Crippen molar-refractivity contribution in [1.29, 1.82) is 0 Å². The summed E-state index contributed by atoms with van der Waals surface area (Å²) >= 11 is 0. The number of aliphatic hydroxyl groups excluding tert-OH is 1. The van der Waals surface area contributed by atoms with Gasteiger partial charge >= 0.3 is 0 Å². The van der Waals surface area contributed by atoms with Crippen molar-refractivity contribution in [2.24, 2.45) is 11.1 Å². The van der Waals surface area contributed by atoms with Crippen LogP contribution < -0.4 is 5.73 Å². The molecule has 0 radical (unpaired) electrons. The molecule has 0 fully saturated rings. The molecule has 2 rings (SSSR count). The monoisotopic (exact) mass is 273 g/mol. The van der Waals surface area contributed by atoms with Gasteiger partial charge < -0.3 is 15.3 Å². The number of rotatable bonds is 3. The molecule has 0 aliphatic carbocycles. The molecule has 0 amide bonds. The first-order valence-electron chi connectivity index (χ1n) is 6.93. The zero-order chi connectivity index (χ0) is 14.9. The number of aliphatic hydroxyl groups is 1. The fraction of sp³-hybridized carbons (Fsp3) is 0.412. The van der Waals surface area contributed by atoms with E-state index in [4.69, 9.17) is 10.2 Å². The second kappa shape index (κ2) is 5.43. The summed E-state index contributed by atoms with van der Waals surface area (Å²) in [6, 6.07) is 11.5. The average Bonchev–Trinajstić information content (AvgIpc) is 2.86. The van der Waals surface area contributed by atoms with Crippen LogP contribution in [0.2, 0.25) is 0 Å². The Labute approximate surface area is 120 Å². The van der Waals surface area contributed by atoms with Gasteiger partial charge in [-0.1, -0.05) is 45.0 Å². The van der Waals surface area contributed by atoms with Crippen LogP contribution in [0.25, 0.3) is 11.3 Å². The van der Waals surface area contributed by atoms with Crippen molar-refractivity contribution in [2.45, 2.75) is 39.8 Å². The number of furan rings is 1. The third-order valence-corrected chi connectivity index (χ3v) is 3.54. The molecule has 0 aliphatic rings. The van der Waals surface area contributed by atoms with E-state index in [9.17, 15) is 5.11 Å². The van der Waals surface area contributed by atoms with E-state index < -0.39 is 6.10 Å². The van der Waals surface area contributed by atoms with Crippen molar-refractivity contribution in [2.75, 3.05) is 0 Å². The Morgan fingerprint density at radius 2 is 1.65 bits per heavy atom. The maximum Gasteiger partial charge on any atom is 0.134 e. The first-order valence-corrected chi connectivity index (χ1v) is 6.93. The first kappa shape index (κ1) is 14.8. The number of benzene rings is 1. The summed E-state index contributed by atoms with van der Waals surface area (Å²) in [5, 5.41) is 9.51. The smallest absolute Gasteiger partial charge is 0.134 e. The van der Waals surface area contributed by atoms with Crippen molar-refractivity contribution >= 4 is 0 Å². The van der Waals surface area contributed by atoms with Crippen molar-refractivity contribution in [1.82, 2.24) is 0 Å². The van der Waals surface area contributed by atoms with Gasteiger partial charge in [-0.3, -0.25) is 0 Å². The van der Waals surface area contributed by atoms with Crippen LogP contribution in [-0.4, -0.2) is 5.11 Å². The molecule has 0 bridgehead atoms. The lowest BCUT2D eigenvalue weighted by molar-refractivity contribution is 0.199. The molecule has 2 atom stereocenters. The predicted octanol–water partition coefficient (Wildman–Crippen LogP) is 4.05. The number of hydrogen-bond donors (Lipinski definition) is 2. The fourth-order valence-corrected chi connectivity index (χ4v) is 2.03. The molecular weight excluding hydrogens is 250 g/mol. The predicted molar refractivity (Wildman–Crippen MR) is 81.2 cm³/mol. The molecule has 0 aliphatic heterocycles. The molecule has 20 heavy (non-hydrogen) atoms. The quantitative estimate of drug-likeness (QED) is 0.887. The van der Waals surface area contributed by atoms with Gasteiger partial charge in [0.2, 0.25) is 0 Å². The van der Waals surface area contributed by atoms with Gasteiger partial charge in [0.1, 0.15) is 11.5 Å². The zero-order valence-electron chi connectivity index (χ0n) is 12.6. The largest absolute Gasteiger partial charge is 0.459 e. The lowest BCUT2D eigenvalue weighted by Gasteiger charge is -2.24. The van der Waals surface area contributed by atoms with E-state index in [0.29, 0.717) is 0 Å². The van der Waals surface area contributed by atoms with Crippen LogP contribution in [0.5, 0.6) is 0 Å². The molecule has 0 spiro atoms. The standard InChI is InChI=1S/C17H23NO2/c1-11(19)12-5-7-13(8-6-12)14-9-10-15(20-14)16(18)17(2,3)4/h5-11,16,19H,18H2,1-4H3. The average molecular weight is 273 g/mol. The van der Waals surface area contributed by atoms with Gasteiger partial charge in [-0.15, -0.1) is 0 Å². The summed E-state index contributed by atoms with van der Waals surface area (Å²) in [4.78, 5) is 0. The highest BCUT2D eigenvalue weighted by Crippen LogP contribution is 2.33. The Kier molecular flexibility index (Phi) is 4.02. The van der Waals surface area contributed by atoms with Gasteiger partial charge in [-0.25, -0.2) is 0 Å². The van der Waals surface area contributed by atoms with Gasteiger partial charge in [0, 0.05) is 5.56 Å². The van der Waals surface area contributed by atoms with Crippen molar-refractivity contribution < 1.29 is 9.52 Å². The second-order valence-electron chi connectivity index (χ2n) is 6.34.